The molecule has 1 amide bonds. The van der Waals surface area contributed by atoms with Gasteiger partial charge in [0.25, 0.3) is 0 Å². The molecule has 0 heterocycles. The fraction of sp³-hybridized carbons (Fsp3) is 0.667. The minimum atomic E-state index is -1.06. The van der Waals surface area contributed by atoms with Crippen molar-refractivity contribution in [2.45, 2.75) is 46.1 Å². The van der Waals surface area contributed by atoms with E-state index < -0.39 is 11.4 Å². The molecule has 0 spiro atoms. The third-order valence-corrected chi connectivity index (χ3v) is 2.30. The second-order valence-corrected chi connectivity index (χ2v) is 4.44. The molecule has 2 N–H and O–H groups in total. The van der Waals surface area contributed by atoms with Crippen LogP contribution in [-0.2, 0) is 9.59 Å². The Hall–Kier alpha value is -1.50. The Morgan fingerprint density at radius 3 is 2.44 bits per heavy atom. The fourth-order valence-corrected chi connectivity index (χ4v) is 1.21. The van der Waals surface area contributed by atoms with Crippen LogP contribution in [0, 0.1) is 17.8 Å². The maximum Gasteiger partial charge on any atom is 0.309 e. The number of rotatable bonds is 6. The average Bonchev–Trinajstić information content (AvgIpc) is 2.15. The van der Waals surface area contributed by atoms with Crippen LogP contribution < -0.4 is 5.32 Å². The van der Waals surface area contributed by atoms with Crippen molar-refractivity contribution < 1.29 is 14.7 Å². The first-order chi connectivity index (χ1) is 7.33. The number of carboxylic acid groups (broad SMARTS) is 1. The van der Waals surface area contributed by atoms with Crippen molar-refractivity contribution in [1.82, 2.24) is 5.32 Å². The SMILES string of the molecule is C#CC(CCC)NC(=O)CC(C)(C)C(=O)O. The van der Waals surface area contributed by atoms with E-state index in [0.29, 0.717) is 6.42 Å². The molecule has 0 aliphatic rings. The summed E-state index contributed by atoms with van der Waals surface area (Å²) in [5, 5.41) is 11.5. The van der Waals surface area contributed by atoms with E-state index in [0.717, 1.165) is 6.42 Å². The van der Waals surface area contributed by atoms with Crippen LogP contribution in [0.25, 0.3) is 0 Å². The van der Waals surface area contributed by atoms with E-state index >= 15 is 0 Å². The molecular weight excluding hydrogens is 206 g/mol. The van der Waals surface area contributed by atoms with Crippen molar-refractivity contribution in [1.29, 1.82) is 0 Å². The van der Waals surface area contributed by atoms with Gasteiger partial charge in [0.05, 0.1) is 11.5 Å². The molecule has 4 heteroatoms. The average molecular weight is 225 g/mol. The number of carbonyl (C=O) groups excluding carboxylic acids is 1. The van der Waals surface area contributed by atoms with Crippen LogP contribution in [-0.4, -0.2) is 23.0 Å². The summed E-state index contributed by atoms with van der Waals surface area (Å²) in [5.74, 6) is 1.16. The van der Waals surface area contributed by atoms with Gasteiger partial charge in [-0.05, 0) is 20.3 Å². The van der Waals surface area contributed by atoms with Crippen molar-refractivity contribution in [2.75, 3.05) is 0 Å². The van der Waals surface area contributed by atoms with Crippen LogP contribution in [0.15, 0.2) is 0 Å². The van der Waals surface area contributed by atoms with Gasteiger partial charge in [0.2, 0.25) is 5.91 Å². The van der Waals surface area contributed by atoms with Gasteiger partial charge in [0.1, 0.15) is 0 Å². The highest BCUT2D eigenvalue weighted by atomic mass is 16.4. The highest BCUT2D eigenvalue weighted by Crippen LogP contribution is 2.20. The van der Waals surface area contributed by atoms with Gasteiger partial charge in [-0.1, -0.05) is 19.3 Å². The zero-order chi connectivity index (χ0) is 12.8. The molecule has 0 aromatic rings. The Kier molecular flexibility index (Phi) is 5.59. The van der Waals surface area contributed by atoms with Crippen molar-refractivity contribution >= 4 is 11.9 Å². The molecule has 90 valence electrons. The van der Waals surface area contributed by atoms with Gasteiger partial charge in [0.15, 0.2) is 0 Å². The van der Waals surface area contributed by atoms with Crippen LogP contribution in [0.3, 0.4) is 0 Å². The molecule has 0 aromatic carbocycles. The Labute approximate surface area is 96.4 Å². The number of nitrogens with one attached hydrogen (secondary N) is 1. The van der Waals surface area contributed by atoms with Gasteiger partial charge in [0, 0.05) is 6.42 Å². The normalized spacial score (nSPS) is 12.6. The smallest absolute Gasteiger partial charge is 0.309 e. The van der Waals surface area contributed by atoms with Gasteiger partial charge in [-0.3, -0.25) is 9.59 Å². The number of carboxylic acids is 1. The van der Waals surface area contributed by atoms with E-state index in [1.54, 1.807) is 0 Å². The van der Waals surface area contributed by atoms with Crippen molar-refractivity contribution in [3.05, 3.63) is 0 Å². The summed E-state index contributed by atoms with van der Waals surface area (Å²) < 4.78 is 0. The second-order valence-electron chi connectivity index (χ2n) is 4.44. The lowest BCUT2D eigenvalue weighted by molar-refractivity contribution is -0.149. The maximum atomic E-state index is 11.5. The largest absolute Gasteiger partial charge is 0.481 e. The van der Waals surface area contributed by atoms with E-state index in [9.17, 15) is 9.59 Å². The van der Waals surface area contributed by atoms with Gasteiger partial charge in [-0.15, -0.1) is 6.42 Å². The molecule has 16 heavy (non-hydrogen) atoms. The minimum absolute atomic E-state index is 0.0653. The molecule has 1 atom stereocenters. The molecular formula is C12H19NO3. The molecule has 0 saturated heterocycles. The van der Waals surface area contributed by atoms with E-state index in [-0.39, 0.29) is 18.4 Å². The molecule has 1 unspecified atom stereocenters. The van der Waals surface area contributed by atoms with Crippen molar-refractivity contribution in [3.63, 3.8) is 0 Å². The van der Waals surface area contributed by atoms with Gasteiger partial charge >= 0.3 is 5.97 Å². The predicted molar refractivity (Wildman–Crippen MR) is 61.7 cm³/mol. The number of amides is 1. The molecule has 0 aromatic heterocycles. The maximum absolute atomic E-state index is 11.5. The van der Waals surface area contributed by atoms with Gasteiger partial charge < -0.3 is 10.4 Å². The number of terminal acetylenes is 1. The number of hydrogen-bond acceptors (Lipinski definition) is 2. The van der Waals surface area contributed by atoms with Gasteiger partial charge in [-0.25, -0.2) is 0 Å². The lowest BCUT2D eigenvalue weighted by atomic mass is 9.89. The summed E-state index contributed by atoms with van der Waals surface area (Å²) >= 11 is 0. The van der Waals surface area contributed by atoms with Crippen LogP contribution in [0.2, 0.25) is 0 Å². The summed E-state index contributed by atoms with van der Waals surface area (Å²) in [7, 11) is 0. The zero-order valence-corrected chi connectivity index (χ0v) is 10.0. The highest BCUT2D eigenvalue weighted by Gasteiger charge is 2.30. The molecule has 4 nitrogen and oxygen atoms in total. The van der Waals surface area contributed by atoms with Crippen LogP contribution in [0.4, 0.5) is 0 Å². The minimum Gasteiger partial charge on any atom is -0.481 e. The lowest BCUT2D eigenvalue weighted by Gasteiger charge is -2.20. The molecule has 0 aliphatic heterocycles. The zero-order valence-electron chi connectivity index (χ0n) is 10.0. The highest BCUT2D eigenvalue weighted by molar-refractivity contribution is 5.84. The van der Waals surface area contributed by atoms with E-state index in [2.05, 4.69) is 11.2 Å². The Balaban J connectivity index is 4.28. The third-order valence-electron chi connectivity index (χ3n) is 2.30. The number of hydrogen-bond donors (Lipinski definition) is 2. The van der Waals surface area contributed by atoms with Crippen LogP contribution in [0.1, 0.15) is 40.0 Å². The molecule has 0 rings (SSSR count). The van der Waals surface area contributed by atoms with Crippen molar-refractivity contribution in [2.24, 2.45) is 5.41 Å². The molecule has 0 aliphatic carbocycles. The summed E-state index contributed by atoms with van der Waals surface area (Å²) in [6.45, 7) is 5.00. The van der Waals surface area contributed by atoms with E-state index in [1.165, 1.54) is 13.8 Å². The molecule has 0 saturated carbocycles. The number of aliphatic carboxylic acids is 1. The summed E-state index contributed by atoms with van der Waals surface area (Å²) in [5.41, 5.74) is -1.06. The Bertz CT molecular complexity index is 302. The van der Waals surface area contributed by atoms with E-state index in [4.69, 9.17) is 11.5 Å². The Morgan fingerprint density at radius 2 is 2.06 bits per heavy atom. The molecule has 0 fully saturated rings. The third kappa shape index (κ3) is 4.83. The topological polar surface area (TPSA) is 66.4 Å². The fourth-order valence-electron chi connectivity index (χ4n) is 1.21. The molecule has 0 radical (unpaired) electrons. The first-order valence-corrected chi connectivity index (χ1v) is 5.32. The first-order valence-electron chi connectivity index (χ1n) is 5.32. The van der Waals surface area contributed by atoms with E-state index in [1.807, 2.05) is 6.92 Å². The second kappa shape index (κ2) is 6.16. The van der Waals surface area contributed by atoms with Crippen LogP contribution >= 0.6 is 0 Å². The number of carbonyl (C=O) groups is 2. The van der Waals surface area contributed by atoms with Crippen molar-refractivity contribution in [3.8, 4) is 12.3 Å². The molecule has 0 bridgehead atoms. The summed E-state index contributed by atoms with van der Waals surface area (Å²) in [6, 6.07) is -0.304. The monoisotopic (exact) mass is 225 g/mol. The van der Waals surface area contributed by atoms with Crippen LogP contribution in [0.5, 0.6) is 0 Å². The van der Waals surface area contributed by atoms with Gasteiger partial charge in [-0.2, -0.15) is 0 Å². The quantitative estimate of drug-likeness (QED) is 0.671. The standard InChI is InChI=1S/C12H19NO3/c1-5-7-9(6-2)13-10(14)8-12(3,4)11(15)16/h2,9H,5,7-8H2,1,3-4H3,(H,13,14)(H,15,16). The lowest BCUT2D eigenvalue weighted by Crippen LogP contribution is -2.38. The first kappa shape index (κ1) is 14.5. The summed E-state index contributed by atoms with van der Waals surface area (Å²) in [4.78, 5) is 22.4. The summed E-state index contributed by atoms with van der Waals surface area (Å²) in [6.07, 6.45) is 6.76. The Morgan fingerprint density at radius 1 is 1.50 bits per heavy atom. The predicted octanol–water partition coefficient (Wildman–Crippen LogP) is 1.41.